The summed E-state index contributed by atoms with van der Waals surface area (Å²) in [5, 5.41) is 135. The number of carboxylic acids is 1. The Labute approximate surface area is 497 Å². The van der Waals surface area contributed by atoms with Crippen molar-refractivity contribution < 1.29 is 104 Å². The van der Waals surface area contributed by atoms with Gasteiger partial charge < -0.3 is 100 Å². The number of carboxylic acid groups (broad SMARTS) is 1. The lowest BCUT2D eigenvalue weighted by Gasteiger charge is -2.50. The first-order valence-corrected chi connectivity index (χ1v) is 31.4. The summed E-state index contributed by atoms with van der Waals surface area (Å²) in [5.41, 5.74) is 0. The standard InChI is InChI=1S/C61H108N2O21/c1-4-6-8-10-12-14-16-17-18-19-20-21-22-23-25-27-29-31-33-35-48(71)63-42(43(68)34-32-30-28-26-24-15-13-11-9-7-5-2)40-79-58-53(75)52(74)55(47(39-66)81-58)82-59-54(76)57(51(73)46(38-65)80-59)84-61(60(77)78)36-44(69)49(62-41(3)67)56(83-61)50(72)45(70)37-64/h12,14,16-17,32,34,42-47,49-59,64-66,68-70,72-76H,4-11,13,15,18-31,33,35-40H2,1-3H3,(H,62,67)(H,63,71)(H,77,78)/b14-12-,17-16-,34-32+. The topological polar surface area (TPSA) is 373 Å². The molecule has 3 aliphatic heterocycles. The molecule has 0 bridgehead atoms. The van der Waals surface area contributed by atoms with Crippen LogP contribution in [0.1, 0.15) is 194 Å². The van der Waals surface area contributed by atoms with Crippen molar-refractivity contribution >= 4 is 17.8 Å². The summed E-state index contributed by atoms with van der Waals surface area (Å²) in [6.07, 6.45) is 10.7. The number of rotatable bonds is 45. The van der Waals surface area contributed by atoms with Crippen molar-refractivity contribution in [3.8, 4) is 0 Å². The van der Waals surface area contributed by atoms with Gasteiger partial charge in [-0.3, -0.25) is 9.59 Å². The molecule has 0 aromatic carbocycles. The van der Waals surface area contributed by atoms with Gasteiger partial charge in [-0.2, -0.15) is 0 Å². The third-order valence-electron chi connectivity index (χ3n) is 15.8. The molecule has 0 aliphatic carbocycles. The lowest BCUT2D eigenvalue weighted by atomic mass is 9.88. The van der Waals surface area contributed by atoms with Crippen molar-refractivity contribution in [3.63, 3.8) is 0 Å². The first-order valence-electron chi connectivity index (χ1n) is 31.4. The molecule has 0 aromatic rings. The van der Waals surface area contributed by atoms with Crippen LogP contribution in [0.25, 0.3) is 0 Å². The third-order valence-corrected chi connectivity index (χ3v) is 15.8. The number of hydrogen-bond donors (Lipinski definition) is 14. The molecule has 3 heterocycles. The highest BCUT2D eigenvalue weighted by Gasteiger charge is 2.60. The maximum atomic E-state index is 13.4. The van der Waals surface area contributed by atoms with E-state index in [1.807, 2.05) is 6.08 Å². The van der Waals surface area contributed by atoms with E-state index < -0.39 is 155 Å². The molecule has 3 aliphatic rings. The fourth-order valence-electron chi connectivity index (χ4n) is 10.8. The Kier molecular flexibility index (Phi) is 38.3. The van der Waals surface area contributed by atoms with Gasteiger partial charge in [0.1, 0.15) is 67.1 Å². The van der Waals surface area contributed by atoms with E-state index in [4.69, 9.17) is 28.4 Å². The minimum atomic E-state index is -3.08. The summed E-state index contributed by atoms with van der Waals surface area (Å²) in [5.74, 6) is -6.15. The highest BCUT2D eigenvalue weighted by molar-refractivity contribution is 5.77. The number of aliphatic hydroxyl groups is 11. The zero-order valence-corrected chi connectivity index (χ0v) is 50.2. The van der Waals surface area contributed by atoms with Crippen LogP contribution in [0, 0.1) is 0 Å². The van der Waals surface area contributed by atoms with Gasteiger partial charge >= 0.3 is 5.97 Å². The van der Waals surface area contributed by atoms with Crippen LogP contribution in [0.15, 0.2) is 36.5 Å². The smallest absolute Gasteiger partial charge is 0.364 e. The Morgan fingerprint density at radius 3 is 1.68 bits per heavy atom. The van der Waals surface area contributed by atoms with Crippen molar-refractivity contribution in [2.24, 2.45) is 0 Å². The van der Waals surface area contributed by atoms with E-state index >= 15 is 0 Å². The minimum Gasteiger partial charge on any atom is -0.477 e. The molecule has 84 heavy (non-hydrogen) atoms. The van der Waals surface area contributed by atoms with Crippen LogP contribution in [-0.4, -0.2) is 215 Å². The number of carbonyl (C=O) groups is 3. The Morgan fingerprint density at radius 1 is 0.631 bits per heavy atom. The van der Waals surface area contributed by atoms with Gasteiger partial charge in [-0.1, -0.05) is 166 Å². The molecule has 0 saturated carbocycles. The van der Waals surface area contributed by atoms with Crippen LogP contribution in [0.4, 0.5) is 0 Å². The van der Waals surface area contributed by atoms with Crippen LogP contribution < -0.4 is 10.6 Å². The molecule has 3 rings (SSSR count). The summed E-state index contributed by atoms with van der Waals surface area (Å²) in [4.78, 5) is 38.4. The average molecular weight is 1210 g/mol. The van der Waals surface area contributed by atoms with Crippen LogP contribution >= 0.6 is 0 Å². The van der Waals surface area contributed by atoms with E-state index in [1.54, 1.807) is 6.08 Å². The molecular weight excluding hydrogens is 1100 g/mol. The van der Waals surface area contributed by atoms with Crippen molar-refractivity contribution in [1.82, 2.24) is 10.6 Å². The number of nitrogens with one attached hydrogen (secondary N) is 2. The first kappa shape index (κ1) is 75.2. The monoisotopic (exact) mass is 1200 g/mol. The molecule has 488 valence electrons. The molecule has 0 radical (unpaired) electrons. The molecule has 3 fully saturated rings. The fourth-order valence-corrected chi connectivity index (χ4v) is 10.8. The number of hydrogen-bond acceptors (Lipinski definition) is 20. The van der Waals surface area contributed by atoms with Crippen LogP contribution in [0.5, 0.6) is 0 Å². The first-order chi connectivity index (χ1) is 40.4. The largest absolute Gasteiger partial charge is 0.477 e. The molecule has 0 aromatic heterocycles. The highest BCUT2D eigenvalue weighted by Crippen LogP contribution is 2.38. The molecule has 23 heteroatoms. The van der Waals surface area contributed by atoms with Gasteiger partial charge in [-0.05, 0) is 44.9 Å². The SMILES string of the molecule is CCCCC/C=C\C=C/CCCCCCCCCCCCC(=O)NC(COC1OC(CO)C(OC2OC(CO)C(O)C(OC3(C(=O)O)CC(O)C(NC(C)=O)C(C(O)C(O)CO)O3)C2O)C(O)C1O)C(O)/C=C/CCCCCCCCCCC. The van der Waals surface area contributed by atoms with Gasteiger partial charge in [0, 0.05) is 19.8 Å². The lowest BCUT2D eigenvalue weighted by molar-refractivity contribution is -0.386. The van der Waals surface area contributed by atoms with Gasteiger partial charge in [0.05, 0.1) is 50.7 Å². The number of amides is 2. The van der Waals surface area contributed by atoms with E-state index in [1.165, 1.54) is 89.9 Å². The Hall–Kier alpha value is -3.05. The second kappa shape index (κ2) is 42.8. The summed E-state index contributed by atoms with van der Waals surface area (Å²) in [7, 11) is 0. The number of allylic oxidation sites excluding steroid dienone is 5. The Bertz CT molecular complexity index is 1860. The Balaban J connectivity index is 1.63. The zero-order chi connectivity index (χ0) is 61.9. The quantitative estimate of drug-likeness (QED) is 0.0236. The van der Waals surface area contributed by atoms with Crippen LogP contribution in [0.2, 0.25) is 0 Å². The number of carbonyl (C=O) groups excluding carboxylic acids is 2. The molecule has 14 N–H and O–H groups in total. The van der Waals surface area contributed by atoms with Gasteiger partial charge in [0.15, 0.2) is 12.6 Å². The predicted molar refractivity (Wildman–Crippen MR) is 311 cm³/mol. The zero-order valence-electron chi connectivity index (χ0n) is 50.2. The van der Waals surface area contributed by atoms with Gasteiger partial charge in [-0.15, -0.1) is 0 Å². The van der Waals surface area contributed by atoms with Gasteiger partial charge in [0.25, 0.3) is 5.79 Å². The minimum absolute atomic E-state index is 0.195. The van der Waals surface area contributed by atoms with Gasteiger partial charge in [0.2, 0.25) is 11.8 Å². The summed E-state index contributed by atoms with van der Waals surface area (Å²) < 4.78 is 34.7. The van der Waals surface area contributed by atoms with Crippen LogP contribution in [0.3, 0.4) is 0 Å². The Morgan fingerprint density at radius 2 is 1.14 bits per heavy atom. The molecule has 3 saturated heterocycles. The second-order valence-corrected chi connectivity index (χ2v) is 22.9. The summed E-state index contributed by atoms with van der Waals surface area (Å²) in [6, 6.07) is -2.62. The van der Waals surface area contributed by atoms with Crippen molar-refractivity contribution in [1.29, 1.82) is 0 Å². The molecular formula is C61H108N2O21. The molecule has 23 nitrogen and oxygen atoms in total. The molecule has 0 spiro atoms. The predicted octanol–water partition coefficient (Wildman–Crippen LogP) is 3.50. The normalized spacial score (nSPS) is 30.0. The number of aliphatic hydroxyl groups excluding tert-OH is 11. The van der Waals surface area contributed by atoms with E-state index in [0.717, 1.165) is 64.7 Å². The van der Waals surface area contributed by atoms with E-state index in [0.29, 0.717) is 12.8 Å². The summed E-state index contributed by atoms with van der Waals surface area (Å²) >= 11 is 0. The molecule has 2 amide bonds. The maximum Gasteiger partial charge on any atom is 0.364 e. The lowest BCUT2D eigenvalue weighted by Crippen LogP contribution is -2.70. The number of aliphatic carboxylic acids is 1. The van der Waals surface area contributed by atoms with Gasteiger partial charge in [-0.25, -0.2) is 4.79 Å². The molecule has 18 unspecified atom stereocenters. The molecule has 18 atom stereocenters. The fraction of sp³-hybridized carbons (Fsp3) is 0.852. The third kappa shape index (κ3) is 26.3. The summed E-state index contributed by atoms with van der Waals surface area (Å²) in [6.45, 7) is 2.05. The van der Waals surface area contributed by atoms with E-state index in [9.17, 15) is 75.7 Å². The van der Waals surface area contributed by atoms with E-state index in [-0.39, 0.29) is 12.3 Å². The van der Waals surface area contributed by atoms with Crippen molar-refractivity contribution in [2.75, 3.05) is 26.4 Å². The average Bonchev–Trinajstić information content (AvgIpc) is 2.70. The number of ether oxygens (including phenoxy) is 6. The second-order valence-electron chi connectivity index (χ2n) is 22.9. The van der Waals surface area contributed by atoms with E-state index in [2.05, 4.69) is 48.8 Å². The number of unbranched alkanes of at least 4 members (excludes halogenated alkanes) is 22. The van der Waals surface area contributed by atoms with Crippen molar-refractivity contribution in [2.45, 2.75) is 304 Å². The van der Waals surface area contributed by atoms with Crippen molar-refractivity contribution in [3.05, 3.63) is 36.5 Å². The maximum absolute atomic E-state index is 13.4. The van der Waals surface area contributed by atoms with Crippen LogP contribution in [-0.2, 0) is 42.8 Å². The highest BCUT2D eigenvalue weighted by atomic mass is 16.8.